The van der Waals surface area contributed by atoms with E-state index < -0.39 is 0 Å². The summed E-state index contributed by atoms with van der Waals surface area (Å²) in [5.74, 6) is 0.771. The molecule has 17 heavy (non-hydrogen) atoms. The smallest absolute Gasteiger partial charge is 0.203 e. The minimum Gasteiger partial charge on any atom is -0.363 e. The van der Waals surface area contributed by atoms with E-state index in [0.29, 0.717) is 6.04 Å². The van der Waals surface area contributed by atoms with E-state index in [2.05, 4.69) is 20.5 Å². The molecule has 2 aromatic rings. The summed E-state index contributed by atoms with van der Waals surface area (Å²) in [6, 6.07) is 0.493. The molecule has 0 saturated heterocycles. The zero-order chi connectivity index (χ0) is 11.7. The second-order valence-corrected chi connectivity index (χ2v) is 4.54. The molecule has 6 heteroatoms. The van der Waals surface area contributed by atoms with E-state index in [4.69, 9.17) is 5.73 Å². The Morgan fingerprint density at radius 2 is 2.24 bits per heavy atom. The molecular formula is C11H16N6. The topological polar surface area (TPSA) is 81.1 Å². The third-order valence-corrected chi connectivity index (χ3v) is 3.36. The summed E-state index contributed by atoms with van der Waals surface area (Å²) in [6.45, 7) is 0. The minimum atomic E-state index is 0.203. The monoisotopic (exact) mass is 232 g/mol. The number of nitrogens with one attached hydrogen (secondary N) is 1. The first-order valence-corrected chi connectivity index (χ1v) is 6.01. The highest BCUT2D eigenvalue weighted by Crippen LogP contribution is 2.21. The van der Waals surface area contributed by atoms with Crippen LogP contribution in [0.4, 0.5) is 5.82 Å². The Morgan fingerprint density at radius 3 is 3.12 bits per heavy atom. The Balaban J connectivity index is 1.86. The van der Waals surface area contributed by atoms with Gasteiger partial charge in [0.05, 0.1) is 0 Å². The van der Waals surface area contributed by atoms with Crippen LogP contribution in [-0.4, -0.2) is 31.7 Å². The summed E-state index contributed by atoms with van der Waals surface area (Å²) in [6.07, 6.45) is 9.87. The van der Waals surface area contributed by atoms with Gasteiger partial charge in [0.1, 0.15) is 6.33 Å². The van der Waals surface area contributed by atoms with Crippen molar-refractivity contribution < 1.29 is 0 Å². The van der Waals surface area contributed by atoms with E-state index >= 15 is 0 Å². The maximum Gasteiger partial charge on any atom is 0.203 e. The van der Waals surface area contributed by atoms with Crippen molar-refractivity contribution in [1.82, 2.24) is 19.6 Å². The van der Waals surface area contributed by atoms with E-state index in [1.807, 2.05) is 10.6 Å². The number of fused-ring (bicyclic) bond motifs is 1. The highest BCUT2D eigenvalue weighted by molar-refractivity contribution is 5.61. The van der Waals surface area contributed by atoms with E-state index in [1.54, 1.807) is 12.5 Å². The van der Waals surface area contributed by atoms with Crippen molar-refractivity contribution in [2.75, 3.05) is 5.32 Å². The van der Waals surface area contributed by atoms with Crippen LogP contribution < -0.4 is 11.1 Å². The summed E-state index contributed by atoms with van der Waals surface area (Å²) < 4.78 is 1.85. The molecule has 0 bridgehead atoms. The zero-order valence-corrected chi connectivity index (χ0v) is 9.58. The highest BCUT2D eigenvalue weighted by Gasteiger charge is 2.22. The summed E-state index contributed by atoms with van der Waals surface area (Å²) in [5, 5.41) is 11.3. The molecule has 1 aliphatic rings. The molecule has 3 N–H and O–H groups in total. The van der Waals surface area contributed by atoms with Crippen LogP contribution in [0.15, 0.2) is 18.7 Å². The molecule has 2 aromatic heterocycles. The summed E-state index contributed by atoms with van der Waals surface area (Å²) >= 11 is 0. The van der Waals surface area contributed by atoms with Crippen molar-refractivity contribution in [1.29, 1.82) is 0 Å². The van der Waals surface area contributed by atoms with Gasteiger partial charge in [-0.2, -0.15) is 0 Å². The number of aromatic nitrogens is 4. The molecule has 0 aliphatic heterocycles. The number of anilines is 1. The van der Waals surface area contributed by atoms with Crippen molar-refractivity contribution in [3.05, 3.63) is 18.7 Å². The lowest BCUT2D eigenvalue weighted by Gasteiger charge is -2.29. The number of nitrogens with zero attached hydrogens (tertiary/aromatic N) is 4. The number of hydrogen-bond acceptors (Lipinski definition) is 5. The Morgan fingerprint density at radius 1 is 1.35 bits per heavy atom. The lowest BCUT2D eigenvalue weighted by Crippen LogP contribution is -2.42. The van der Waals surface area contributed by atoms with Gasteiger partial charge < -0.3 is 11.1 Å². The molecule has 1 saturated carbocycles. The third-order valence-electron chi connectivity index (χ3n) is 3.36. The first-order valence-electron chi connectivity index (χ1n) is 6.01. The number of hydrogen-bond donors (Lipinski definition) is 2. The summed E-state index contributed by atoms with van der Waals surface area (Å²) in [7, 11) is 0. The fraction of sp³-hybridized carbons (Fsp3) is 0.545. The fourth-order valence-electron chi connectivity index (χ4n) is 2.37. The van der Waals surface area contributed by atoms with Gasteiger partial charge in [0.25, 0.3) is 0 Å². The first-order chi connectivity index (χ1) is 8.34. The Bertz CT molecular complexity index is 507. The third kappa shape index (κ3) is 1.95. The van der Waals surface area contributed by atoms with Crippen molar-refractivity contribution in [3.63, 3.8) is 0 Å². The average Bonchev–Trinajstić information content (AvgIpc) is 2.81. The largest absolute Gasteiger partial charge is 0.363 e. The molecule has 90 valence electrons. The molecular weight excluding hydrogens is 216 g/mol. The molecule has 6 nitrogen and oxygen atoms in total. The van der Waals surface area contributed by atoms with Crippen LogP contribution >= 0.6 is 0 Å². The van der Waals surface area contributed by atoms with Crippen LogP contribution in [0.25, 0.3) is 5.65 Å². The zero-order valence-electron chi connectivity index (χ0n) is 9.58. The van der Waals surface area contributed by atoms with E-state index in [1.165, 1.54) is 12.8 Å². The first kappa shape index (κ1) is 10.5. The van der Waals surface area contributed by atoms with Crippen molar-refractivity contribution in [2.24, 2.45) is 5.73 Å². The molecule has 1 fully saturated rings. The van der Waals surface area contributed by atoms with Crippen LogP contribution in [0.5, 0.6) is 0 Å². The fourth-order valence-corrected chi connectivity index (χ4v) is 2.37. The lowest BCUT2D eigenvalue weighted by molar-refractivity contribution is 0.403. The van der Waals surface area contributed by atoms with Crippen molar-refractivity contribution in [3.8, 4) is 0 Å². The predicted octanol–water partition coefficient (Wildman–Crippen LogP) is 0.806. The maximum atomic E-state index is 6.11. The van der Waals surface area contributed by atoms with Crippen molar-refractivity contribution >= 4 is 11.5 Å². The second-order valence-electron chi connectivity index (χ2n) is 4.54. The Labute approximate surface area is 99.3 Å². The molecule has 0 amide bonds. The summed E-state index contributed by atoms with van der Waals surface area (Å²) in [4.78, 5) is 4.32. The quantitative estimate of drug-likeness (QED) is 0.800. The van der Waals surface area contributed by atoms with Gasteiger partial charge in [0.15, 0.2) is 5.82 Å². The van der Waals surface area contributed by atoms with E-state index in [-0.39, 0.29) is 6.04 Å². The van der Waals surface area contributed by atoms with Gasteiger partial charge in [-0.15, -0.1) is 10.2 Å². The highest BCUT2D eigenvalue weighted by atomic mass is 15.2. The Kier molecular flexibility index (Phi) is 2.64. The summed E-state index contributed by atoms with van der Waals surface area (Å²) in [5.41, 5.74) is 6.87. The SMILES string of the molecule is NC1CCCCC1Nc1nccn2cnnc12. The molecule has 2 atom stereocenters. The van der Waals surface area contributed by atoms with Gasteiger partial charge in [-0.1, -0.05) is 12.8 Å². The van der Waals surface area contributed by atoms with Crippen molar-refractivity contribution in [2.45, 2.75) is 37.8 Å². The van der Waals surface area contributed by atoms with Gasteiger partial charge in [0, 0.05) is 24.5 Å². The van der Waals surface area contributed by atoms with Gasteiger partial charge in [-0.3, -0.25) is 4.40 Å². The van der Waals surface area contributed by atoms with Gasteiger partial charge in [-0.05, 0) is 12.8 Å². The van der Waals surface area contributed by atoms with E-state index in [0.717, 1.165) is 24.3 Å². The molecule has 3 rings (SSSR count). The van der Waals surface area contributed by atoms with Crippen LogP contribution in [0.1, 0.15) is 25.7 Å². The Hall–Kier alpha value is -1.69. The number of rotatable bonds is 2. The molecule has 2 unspecified atom stereocenters. The van der Waals surface area contributed by atoms with E-state index in [9.17, 15) is 0 Å². The molecule has 2 heterocycles. The van der Waals surface area contributed by atoms with Gasteiger partial charge in [-0.25, -0.2) is 4.98 Å². The maximum absolute atomic E-state index is 6.11. The predicted molar refractivity (Wildman–Crippen MR) is 64.6 cm³/mol. The van der Waals surface area contributed by atoms with Gasteiger partial charge in [0.2, 0.25) is 5.65 Å². The molecule has 0 radical (unpaired) electrons. The standard InChI is InChI=1S/C11H16N6/c12-8-3-1-2-4-9(8)15-10-11-16-14-7-17(11)6-5-13-10/h5-9H,1-4,12H2,(H,13,15). The minimum absolute atomic E-state index is 0.203. The van der Waals surface area contributed by atoms with Gasteiger partial charge >= 0.3 is 0 Å². The van der Waals surface area contributed by atoms with Crippen LogP contribution in [0.3, 0.4) is 0 Å². The second kappa shape index (κ2) is 4.29. The average molecular weight is 232 g/mol. The number of nitrogens with two attached hydrogens (primary N) is 1. The van der Waals surface area contributed by atoms with Crippen LogP contribution in [0, 0.1) is 0 Å². The normalized spacial score (nSPS) is 25.0. The molecule has 1 aliphatic carbocycles. The van der Waals surface area contributed by atoms with Crippen LogP contribution in [-0.2, 0) is 0 Å². The molecule has 0 spiro atoms. The lowest BCUT2D eigenvalue weighted by atomic mass is 9.91. The van der Waals surface area contributed by atoms with Crippen LogP contribution in [0.2, 0.25) is 0 Å². The molecule has 0 aromatic carbocycles.